The van der Waals surface area contributed by atoms with Crippen LogP contribution in [0.2, 0.25) is 5.02 Å². The smallest absolute Gasteiger partial charge is 0.276 e. The fourth-order valence-corrected chi connectivity index (χ4v) is 2.44. The van der Waals surface area contributed by atoms with Crippen LogP contribution in [0.3, 0.4) is 0 Å². The van der Waals surface area contributed by atoms with Gasteiger partial charge in [-0.3, -0.25) is 0 Å². The number of sulfonamides is 1. The summed E-state index contributed by atoms with van der Waals surface area (Å²) < 4.78 is 23.7. The van der Waals surface area contributed by atoms with Crippen molar-refractivity contribution >= 4 is 27.8 Å². The van der Waals surface area contributed by atoms with E-state index in [1.165, 1.54) is 36.5 Å². The van der Waals surface area contributed by atoms with Gasteiger partial charge in [-0.1, -0.05) is 29.8 Å². The Kier molecular flexibility index (Phi) is 4.26. The van der Waals surface area contributed by atoms with E-state index in [1.807, 2.05) is 0 Å². The Hall–Kier alpha value is -2.05. The predicted molar refractivity (Wildman–Crippen MR) is 77.5 cm³/mol. The fourth-order valence-electron chi connectivity index (χ4n) is 1.45. The largest absolute Gasteiger partial charge is 0.507 e. The van der Waals surface area contributed by atoms with Crippen LogP contribution in [-0.4, -0.2) is 19.7 Å². The molecule has 0 fully saturated rings. The number of phenols is 1. The maximum Gasteiger partial charge on any atom is 0.276 e. The van der Waals surface area contributed by atoms with Gasteiger partial charge in [-0.2, -0.15) is 13.5 Å². The second-order valence-electron chi connectivity index (χ2n) is 3.87. The third-order valence-electron chi connectivity index (χ3n) is 2.42. The normalized spacial score (nSPS) is 11.7. The van der Waals surface area contributed by atoms with E-state index in [4.69, 9.17) is 11.6 Å². The van der Waals surface area contributed by atoms with E-state index in [0.29, 0.717) is 10.6 Å². The van der Waals surface area contributed by atoms with E-state index in [0.717, 1.165) is 0 Å². The van der Waals surface area contributed by atoms with Crippen LogP contribution in [0.25, 0.3) is 0 Å². The number of hydrazone groups is 1. The van der Waals surface area contributed by atoms with Crippen LogP contribution in [0.4, 0.5) is 0 Å². The van der Waals surface area contributed by atoms with Crippen LogP contribution >= 0.6 is 11.6 Å². The zero-order chi connectivity index (χ0) is 14.6. The molecule has 2 aromatic rings. The minimum atomic E-state index is -3.72. The summed E-state index contributed by atoms with van der Waals surface area (Å²) in [6.07, 6.45) is 1.18. The second-order valence-corrected chi connectivity index (χ2v) is 5.97. The Morgan fingerprint density at radius 1 is 1.15 bits per heavy atom. The number of hydrogen-bond acceptors (Lipinski definition) is 4. The molecule has 0 saturated carbocycles. The summed E-state index contributed by atoms with van der Waals surface area (Å²) in [5, 5.41) is 13.6. The molecule has 5 nitrogen and oxygen atoms in total. The predicted octanol–water partition coefficient (Wildman–Crippen LogP) is 2.36. The lowest BCUT2D eigenvalue weighted by Crippen LogP contribution is -2.18. The average Bonchev–Trinajstić information content (AvgIpc) is 2.43. The van der Waals surface area contributed by atoms with Crippen molar-refractivity contribution in [1.82, 2.24) is 4.83 Å². The summed E-state index contributed by atoms with van der Waals surface area (Å²) in [4.78, 5) is 2.16. The van der Waals surface area contributed by atoms with Gasteiger partial charge in [0.25, 0.3) is 10.0 Å². The second kappa shape index (κ2) is 5.94. The van der Waals surface area contributed by atoms with Gasteiger partial charge in [0.05, 0.1) is 11.1 Å². The Bertz CT molecular complexity index is 731. The minimum Gasteiger partial charge on any atom is -0.507 e. The quantitative estimate of drug-likeness (QED) is 0.672. The maximum absolute atomic E-state index is 11.9. The topological polar surface area (TPSA) is 78.8 Å². The number of nitrogens with one attached hydrogen (secondary N) is 1. The molecular weight excluding hydrogens is 300 g/mol. The van der Waals surface area contributed by atoms with Crippen molar-refractivity contribution < 1.29 is 13.5 Å². The standard InChI is InChI=1S/C13H11ClN2O3S/c14-11-6-7-13(17)10(8-11)9-15-16-20(18,19)12-4-2-1-3-5-12/h1-9,16-17H/b15-9+. The molecule has 2 N–H and O–H groups in total. The van der Waals surface area contributed by atoms with Gasteiger partial charge < -0.3 is 5.11 Å². The number of nitrogens with zero attached hydrogens (tertiary/aromatic N) is 1. The van der Waals surface area contributed by atoms with Gasteiger partial charge in [-0.05, 0) is 30.3 Å². The lowest BCUT2D eigenvalue weighted by Gasteiger charge is -2.03. The van der Waals surface area contributed by atoms with E-state index in [1.54, 1.807) is 18.2 Å². The molecule has 0 aliphatic carbocycles. The molecule has 0 atom stereocenters. The van der Waals surface area contributed by atoms with Crippen LogP contribution in [-0.2, 0) is 10.0 Å². The molecule has 20 heavy (non-hydrogen) atoms. The molecule has 0 aliphatic heterocycles. The van der Waals surface area contributed by atoms with E-state index in [9.17, 15) is 13.5 Å². The fraction of sp³-hybridized carbons (Fsp3) is 0. The van der Waals surface area contributed by atoms with Gasteiger partial charge in [-0.15, -0.1) is 0 Å². The lowest BCUT2D eigenvalue weighted by molar-refractivity contribution is 0.474. The summed E-state index contributed by atoms with van der Waals surface area (Å²) in [5.41, 5.74) is 0.313. The van der Waals surface area contributed by atoms with Crippen molar-refractivity contribution in [3.05, 3.63) is 59.1 Å². The molecule has 0 spiro atoms. The molecule has 2 aromatic carbocycles. The van der Waals surface area contributed by atoms with Crippen molar-refractivity contribution in [2.75, 3.05) is 0 Å². The average molecular weight is 311 g/mol. The zero-order valence-electron chi connectivity index (χ0n) is 10.2. The van der Waals surface area contributed by atoms with Crippen molar-refractivity contribution in [1.29, 1.82) is 0 Å². The van der Waals surface area contributed by atoms with Gasteiger partial charge in [-0.25, -0.2) is 4.83 Å². The van der Waals surface area contributed by atoms with E-state index in [-0.39, 0.29) is 10.6 Å². The molecule has 2 rings (SSSR count). The number of aromatic hydroxyl groups is 1. The summed E-state index contributed by atoms with van der Waals surface area (Å²) in [6.45, 7) is 0. The monoisotopic (exact) mass is 310 g/mol. The van der Waals surface area contributed by atoms with Crippen molar-refractivity contribution in [2.24, 2.45) is 5.10 Å². The highest BCUT2D eigenvalue weighted by molar-refractivity contribution is 7.89. The number of benzene rings is 2. The minimum absolute atomic E-state index is 0.0444. The highest BCUT2D eigenvalue weighted by atomic mass is 35.5. The third kappa shape index (κ3) is 3.49. The molecule has 7 heteroatoms. The van der Waals surface area contributed by atoms with Crippen molar-refractivity contribution in [3.8, 4) is 5.75 Å². The van der Waals surface area contributed by atoms with Gasteiger partial charge >= 0.3 is 0 Å². The molecule has 0 bridgehead atoms. The molecular formula is C13H11ClN2O3S. The highest BCUT2D eigenvalue weighted by Gasteiger charge is 2.11. The van der Waals surface area contributed by atoms with Gasteiger partial charge in [0.1, 0.15) is 5.75 Å². The summed E-state index contributed by atoms with van der Waals surface area (Å²) in [6, 6.07) is 12.2. The van der Waals surface area contributed by atoms with Crippen LogP contribution in [0.1, 0.15) is 5.56 Å². The lowest BCUT2D eigenvalue weighted by atomic mass is 10.2. The number of phenolic OH excluding ortho intramolecular Hbond substituents is 1. The first kappa shape index (κ1) is 14.4. The van der Waals surface area contributed by atoms with E-state index >= 15 is 0 Å². The Labute approximate surface area is 121 Å². The zero-order valence-corrected chi connectivity index (χ0v) is 11.8. The molecule has 0 aromatic heterocycles. The Morgan fingerprint density at radius 3 is 2.55 bits per heavy atom. The number of halogens is 1. The van der Waals surface area contributed by atoms with Gasteiger partial charge in [0, 0.05) is 10.6 Å². The maximum atomic E-state index is 11.9. The Balaban J connectivity index is 2.16. The van der Waals surface area contributed by atoms with Crippen LogP contribution in [0.15, 0.2) is 58.5 Å². The first-order chi connectivity index (χ1) is 9.49. The summed E-state index contributed by atoms with van der Waals surface area (Å²) in [7, 11) is -3.72. The first-order valence-corrected chi connectivity index (χ1v) is 7.43. The van der Waals surface area contributed by atoms with E-state index < -0.39 is 10.0 Å². The molecule has 0 saturated heterocycles. The van der Waals surface area contributed by atoms with Crippen molar-refractivity contribution in [3.63, 3.8) is 0 Å². The molecule has 0 heterocycles. The van der Waals surface area contributed by atoms with Crippen LogP contribution in [0, 0.1) is 0 Å². The van der Waals surface area contributed by atoms with E-state index in [2.05, 4.69) is 9.93 Å². The third-order valence-corrected chi connectivity index (χ3v) is 3.89. The molecule has 0 unspecified atom stereocenters. The molecule has 0 aliphatic rings. The molecule has 104 valence electrons. The van der Waals surface area contributed by atoms with Crippen molar-refractivity contribution in [2.45, 2.75) is 4.90 Å². The number of rotatable bonds is 4. The van der Waals surface area contributed by atoms with Crippen LogP contribution in [0.5, 0.6) is 5.75 Å². The van der Waals surface area contributed by atoms with Gasteiger partial charge in [0.15, 0.2) is 0 Å². The highest BCUT2D eigenvalue weighted by Crippen LogP contribution is 2.19. The Morgan fingerprint density at radius 2 is 1.85 bits per heavy atom. The van der Waals surface area contributed by atoms with Crippen LogP contribution < -0.4 is 4.83 Å². The summed E-state index contributed by atoms with van der Waals surface area (Å²) >= 11 is 5.77. The SMILES string of the molecule is O=S(=O)(N/N=C/c1cc(Cl)ccc1O)c1ccccc1. The van der Waals surface area contributed by atoms with Gasteiger partial charge in [0.2, 0.25) is 0 Å². The first-order valence-electron chi connectivity index (χ1n) is 5.57. The molecule has 0 amide bonds. The number of hydrogen-bond donors (Lipinski definition) is 2. The molecule has 0 radical (unpaired) electrons. The summed E-state index contributed by atoms with van der Waals surface area (Å²) in [5.74, 6) is -0.0444.